The maximum atomic E-state index is 13.4. The van der Waals surface area contributed by atoms with Crippen LogP contribution in [0.2, 0.25) is 18.1 Å². The summed E-state index contributed by atoms with van der Waals surface area (Å²) in [6.07, 6.45) is 4.31. The molecule has 0 saturated heterocycles. The number of fused-ring (bicyclic) bond motifs is 5. The number of unbranched alkanes of at least 4 members (excludes halogenated alkanes) is 3. The fourth-order valence-electron chi connectivity index (χ4n) is 8.29. The lowest BCUT2D eigenvalue weighted by molar-refractivity contribution is -0.313. The number of aryl methyl sites for hydroxylation is 1. The number of allylic oxidation sites excluding steroid dienone is 2. The van der Waals surface area contributed by atoms with Crippen LogP contribution >= 0.6 is 0 Å². The zero-order valence-corrected chi connectivity index (χ0v) is 28.6. The Morgan fingerprint density at radius 1 is 1.02 bits per heavy atom. The number of alkyl halides is 5. The maximum absolute atomic E-state index is 13.4. The molecule has 0 aliphatic heterocycles. The molecule has 0 bridgehead atoms. The van der Waals surface area contributed by atoms with Gasteiger partial charge in [-0.25, -0.2) is 0 Å². The zero-order chi connectivity index (χ0) is 32.8. The third-order valence-corrected chi connectivity index (χ3v) is 16.4. The summed E-state index contributed by atoms with van der Waals surface area (Å²) < 4.78 is 77.1. The van der Waals surface area contributed by atoms with E-state index in [0.29, 0.717) is 24.7 Å². The number of halogens is 5. The molecule has 0 spiro atoms. The summed E-state index contributed by atoms with van der Waals surface area (Å²) in [6.45, 7) is 14.0. The lowest BCUT2D eigenvalue weighted by Gasteiger charge is -2.58. The SMILES string of the molecule is COc1ccc2c(c1)CC[C@]1(C=CCCCCC[C@@H](O)C(F)(F)C(F)(F)F)[C@@H]2CC[C@]2(C)[C@@H](O[Si](C)(C)C(C)(C)C)CC[C@H]21. The van der Waals surface area contributed by atoms with E-state index in [1.165, 1.54) is 11.1 Å². The number of aliphatic hydroxyl groups is 1. The van der Waals surface area contributed by atoms with Crippen molar-refractivity contribution in [1.82, 2.24) is 0 Å². The van der Waals surface area contributed by atoms with Gasteiger partial charge in [0.25, 0.3) is 0 Å². The normalized spacial score (nSPS) is 30.2. The molecule has 0 unspecified atom stereocenters. The molecule has 3 aliphatic rings. The maximum Gasteiger partial charge on any atom is 0.456 e. The highest BCUT2D eigenvalue weighted by Gasteiger charge is 2.63. The topological polar surface area (TPSA) is 38.7 Å². The van der Waals surface area contributed by atoms with Crippen molar-refractivity contribution >= 4 is 8.32 Å². The van der Waals surface area contributed by atoms with Crippen LogP contribution < -0.4 is 4.74 Å². The van der Waals surface area contributed by atoms with Gasteiger partial charge in [0.15, 0.2) is 8.32 Å². The van der Waals surface area contributed by atoms with Crippen molar-refractivity contribution in [2.45, 2.75) is 147 Å². The molecule has 9 heteroatoms. The van der Waals surface area contributed by atoms with Gasteiger partial charge in [-0.05, 0) is 122 Å². The Morgan fingerprint density at radius 3 is 2.36 bits per heavy atom. The third-order valence-electron chi connectivity index (χ3n) is 11.9. The van der Waals surface area contributed by atoms with Gasteiger partial charge in [-0.15, -0.1) is 0 Å². The van der Waals surface area contributed by atoms with Crippen LogP contribution in [0.15, 0.2) is 30.4 Å². The van der Waals surface area contributed by atoms with Crippen LogP contribution in [0.5, 0.6) is 5.75 Å². The molecule has 44 heavy (non-hydrogen) atoms. The van der Waals surface area contributed by atoms with E-state index in [9.17, 15) is 27.1 Å². The Kier molecular flexibility index (Phi) is 10.2. The minimum absolute atomic E-state index is 0.0227. The molecule has 3 nitrogen and oxygen atoms in total. The Labute approximate surface area is 262 Å². The van der Waals surface area contributed by atoms with E-state index in [-0.39, 0.29) is 28.4 Å². The van der Waals surface area contributed by atoms with Crippen molar-refractivity contribution in [1.29, 1.82) is 0 Å². The number of hydrogen-bond donors (Lipinski definition) is 1. The van der Waals surface area contributed by atoms with Crippen LogP contribution in [-0.2, 0) is 10.8 Å². The van der Waals surface area contributed by atoms with Gasteiger partial charge >= 0.3 is 12.1 Å². The van der Waals surface area contributed by atoms with Crippen molar-refractivity contribution in [3.05, 3.63) is 41.5 Å². The molecule has 2 saturated carbocycles. The number of hydrogen-bond acceptors (Lipinski definition) is 3. The highest BCUT2D eigenvalue weighted by Crippen LogP contribution is 2.68. The molecule has 1 aromatic rings. The standard InChI is InChI=1S/C35H53F5O3Si/c1-31(2,3)44(6,7)43-30-17-16-28-32(30,4)21-19-27-26-15-14-25(42-5)23-24(26)18-22-33(27,28)20-12-10-8-9-11-13-29(41)34(36,37)35(38,39)40/h12,14-15,20,23,27-30,41H,8-11,13,16-19,21-22H2,1-7H3/t27-,28-,29-,30+,32+,33-/m1/s1. The smallest absolute Gasteiger partial charge is 0.456 e. The van der Waals surface area contributed by atoms with Crippen molar-refractivity contribution < 1.29 is 36.2 Å². The molecule has 250 valence electrons. The molecule has 6 atom stereocenters. The van der Waals surface area contributed by atoms with Crippen molar-refractivity contribution in [3.63, 3.8) is 0 Å². The van der Waals surface area contributed by atoms with E-state index in [1.54, 1.807) is 7.11 Å². The van der Waals surface area contributed by atoms with Crippen LogP contribution in [-0.4, -0.2) is 44.8 Å². The van der Waals surface area contributed by atoms with Crippen LogP contribution in [0.4, 0.5) is 22.0 Å². The monoisotopic (exact) mass is 644 g/mol. The van der Waals surface area contributed by atoms with E-state index in [4.69, 9.17) is 9.16 Å². The van der Waals surface area contributed by atoms with Gasteiger partial charge in [0.05, 0.1) is 13.2 Å². The van der Waals surface area contributed by atoms with E-state index in [2.05, 4.69) is 71.1 Å². The molecule has 4 rings (SSSR count). The highest BCUT2D eigenvalue weighted by atomic mass is 28.4. The highest BCUT2D eigenvalue weighted by molar-refractivity contribution is 6.74. The van der Waals surface area contributed by atoms with Gasteiger partial charge in [-0.3, -0.25) is 0 Å². The lowest BCUT2D eigenvalue weighted by atomic mass is 9.47. The Balaban J connectivity index is 1.52. The number of ether oxygens (including phenoxy) is 1. The fourth-order valence-corrected chi connectivity index (χ4v) is 9.74. The predicted octanol–water partition coefficient (Wildman–Crippen LogP) is 10.4. The first-order chi connectivity index (χ1) is 20.3. The minimum Gasteiger partial charge on any atom is -0.497 e. The molecule has 2 fully saturated rings. The summed E-state index contributed by atoms with van der Waals surface area (Å²) in [5.41, 5.74) is 2.83. The van der Waals surface area contributed by atoms with Crippen LogP contribution in [0.25, 0.3) is 0 Å². The van der Waals surface area contributed by atoms with E-state index < -0.39 is 32.9 Å². The summed E-state index contributed by atoms with van der Waals surface area (Å²) in [5, 5.41) is 9.61. The third kappa shape index (κ3) is 6.53. The summed E-state index contributed by atoms with van der Waals surface area (Å²) in [5.74, 6) is -3.34. The average molecular weight is 645 g/mol. The lowest BCUT2D eigenvalue weighted by Crippen LogP contribution is -2.53. The fraction of sp³-hybridized carbons (Fsp3) is 0.771. The summed E-state index contributed by atoms with van der Waals surface area (Å²) in [7, 11) is -0.261. The van der Waals surface area contributed by atoms with E-state index in [0.717, 1.165) is 50.7 Å². The van der Waals surface area contributed by atoms with Crippen molar-refractivity contribution in [2.24, 2.45) is 16.7 Å². The Hall–Kier alpha value is -1.45. The van der Waals surface area contributed by atoms with Crippen molar-refractivity contribution in [2.75, 3.05) is 7.11 Å². The number of aliphatic hydroxyl groups excluding tert-OH is 1. The van der Waals surface area contributed by atoms with E-state index >= 15 is 0 Å². The zero-order valence-electron chi connectivity index (χ0n) is 27.6. The van der Waals surface area contributed by atoms with Crippen LogP contribution in [0, 0.1) is 16.7 Å². The molecular formula is C35H53F5O3Si. The molecule has 0 aromatic heterocycles. The summed E-state index contributed by atoms with van der Waals surface area (Å²) in [6, 6.07) is 6.51. The minimum atomic E-state index is -5.74. The molecule has 0 heterocycles. The largest absolute Gasteiger partial charge is 0.497 e. The quantitative estimate of drug-likeness (QED) is 0.113. The Bertz CT molecular complexity index is 1180. The summed E-state index contributed by atoms with van der Waals surface area (Å²) >= 11 is 0. The van der Waals surface area contributed by atoms with Gasteiger partial charge < -0.3 is 14.3 Å². The molecule has 1 aromatic carbocycles. The van der Waals surface area contributed by atoms with E-state index in [1.807, 2.05) is 0 Å². The van der Waals surface area contributed by atoms with Gasteiger partial charge in [-0.2, -0.15) is 22.0 Å². The number of methoxy groups -OCH3 is 1. The van der Waals surface area contributed by atoms with Gasteiger partial charge in [0, 0.05) is 0 Å². The van der Waals surface area contributed by atoms with Crippen molar-refractivity contribution in [3.8, 4) is 5.75 Å². The second-order valence-electron chi connectivity index (χ2n) is 15.4. The first-order valence-corrected chi connectivity index (χ1v) is 19.4. The van der Waals surface area contributed by atoms with Crippen LogP contribution in [0.1, 0.15) is 109 Å². The molecule has 1 N–H and O–H groups in total. The molecular weight excluding hydrogens is 591 g/mol. The Morgan fingerprint density at radius 2 is 1.73 bits per heavy atom. The molecule has 0 amide bonds. The first kappa shape index (κ1) is 35.4. The molecule has 0 radical (unpaired) electrons. The van der Waals surface area contributed by atoms with Gasteiger partial charge in [-0.1, -0.05) is 58.8 Å². The second kappa shape index (κ2) is 12.6. The molecule has 3 aliphatic carbocycles. The van der Waals surface area contributed by atoms with Crippen LogP contribution in [0.3, 0.4) is 0 Å². The predicted molar refractivity (Wildman–Crippen MR) is 168 cm³/mol. The van der Waals surface area contributed by atoms with Gasteiger partial charge in [0.2, 0.25) is 0 Å². The number of rotatable bonds is 11. The summed E-state index contributed by atoms with van der Waals surface area (Å²) in [4.78, 5) is 0. The van der Waals surface area contributed by atoms with Gasteiger partial charge in [0.1, 0.15) is 11.9 Å². The first-order valence-electron chi connectivity index (χ1n) is 16.4. The second-order valence-corrected chi connectivity index (χ2v) is 20.2. The average Bonchev–Trinajstić information content (AvgIpc) is 3.26. The number of benzene rings is 1.